The average molecular weight is 128 g/mol. The summed E-state index contributed by atoms with van der Waals surface area (Å²) in [7, 11) is 0. The highest BCUT2D eigenvalue weighted by atomic mass is 16.5. The Labute approximate surface area is 57.4 Å². The molecule has 1 saturated heterocycles. The van der Waals surface area contributed by atoms with Crippen LogP contribution >= 0.6 is 0 Å². The number of hydrogen-bond acceptors (Lipinski definition) is 1. The van der Waals surface area contributed by atoms with Crippen LogP contribution in [0.4, 0.5) is 0 Å². The Bertz CT molecular complexity index is 90.6. The molecule has 0 aromatic rings. The van der Waals surface area contributed by atoms with Crippen LogP contribution in [0.1, 0.15) is 33.6 Å². The molecule has 3 atom stereocenters. The number of ether oxygens (including phenoxy) is 1. The molecule has 1 heterocycles. The van der Waals surface area contributed by atoms with Gasteiger partial charge in [0.15, 0.2) is 0 Å². The van der Waals surface area contributed by atoms with Gasteiger partial charge in [0.25, 0.3) is 0 Å². The maximum Gasteiger partial charge on any atom is 0.0602 e. The van der Waals surface area contributed by atoms with E-state index >= 15 is 0 Å². The van der Waals surface area contributed by atoms with E-state index in [1.807, 2.05) is 0 Å². The van der Waals surface area contributed by atoms with E-state index in [0.717, 1.165) is 5.92 Å². The molecule has 0 aromatic heterocycles. The third-order valence-electron chi connectivity index (χ3n) is 2.15. The van der Waals surface area contributed by atoms with Crippen LogP contribution in [0.5, 0.6) is 0 Å². The Kier molecular flexibility index (Phi) is 2.12. The minimum Gasteiger partial charge on any atom is -0.375 e. The van der Waals surface area contributed by atoms with Gasteiger partial charge in [-0.25, -0.2) is 0 Å². The average Bonchev–Trinajstić information content (AvgIpc) is 2.10. The van der Waals surface area contributed by atoms with Gasteiger partial charge in [0.05, 0.1) is 12.2 Å². The smallest absolute Gasteiger partial charge is 0.0602 e. The van der Waals surface area contributed by atoms with Gasteiger partial charge >= 0.3 is 0 Å². The Morgan fingerprint density at radius 2 is 2.11 bits per heavy atom. The second kappa shape index (κ2) is 2.70. The first-order valence-corrected chi connectivity index (χ1v) is 3.89. The highest BCUT2D eigenvalue weighted by Crippen LogP contribution is 2.27. The van der Waals surface area contributed by atoms with Crippen LogP contribution in [0, 0.1) is 5.92 Å². The molecular formula is C8H16O. The summed E-state index contributed by atoms with van der Waals surface area (Å²) in [4.78, 5) is 0. The zero-order chi connectivity index (χ0) is 6.85. The third kappa shape index (κ3) is 1.45. The Balaban J connectivity index is 2.38. The van der Waals surface area contributed by atoms with E-state index in [0.29, 0.717) is 12.2 Å². The summed E-state index contributed by atoms with van der Waals surface area (Å²) >= 11 is 0. The molecule has 0 spiro atoms. The molecule has 1 aliphatic heterocycles. The largest absolute Gasteiger partial charge is 0.375 e. The minimum atomic E-state index is 0.505. The van der Waals surface area contributed by atoms with Crippen molar-refractivity contribution in [3.63, 3.8) is 0 Å². The summed E-state index contributed by atoms with van der Waals surface area (Å²) in [6.45, 7) is 6.63. The first-order valence-electron chi connectivity index (χ1n) is 3.89. The SMILES string of the molecule is CC[C@H]1O[C@@H](C)C[C@H]1C. The van der Waals surface area contributed by atoms with E-state index in [1.165, 1.54) is 12.8 Å². The van der Waals surface area contributed by atoms with Gasteiger partial charge in [-0.3, -0.25) is 0 Å². The van der Waals surface area contributed by atoms with E-state index in [4.69, 9.17) is 4.74 Å². The lowest BCUT2D eigenvalue weighted by Gasteiger charge is -2.10. The molecule has 1 nitrogen and oxygen atoms in total. The molecule has 0 radical (unpaired) electrons. The molecular weight excluding hydrogens is 112 g/mol. The zero-order valence-corrected chi connectivity index (χ0v) is 6.55. The Hall–Kier alpha value is -0.0400. The summed E-state index contributed by atoms with van der Waals surface area (Å²) in [5.74, 6) is 0.782. The quantitative estimate of drug-likeness (QED) is 0.526. The minimum absolute atomic E-state index is 0.505. The van der Waals surface area contributed by atoms with Crippen molar-refractivity contribution in [2.24, 2.45) is 5.92 Å². The van der Waals surface area contributed by atoms with Gasteiger partial charge in [0.1, 0.15) is 0 Å². The van der Waals surface area contributed by atoms with Crippen molar-refractivity contribution in [2.75, 3.05) is 0 Å². The summed E-state index contributed by atoms with van der Waals surface area (Å²) in [5, 5.41) is 0. The molecule has 0 saturated carbocycles. The van der Waals surface area contributed by atoms with Crippen LogP contribution in [-0.4, -0.2) is 12.2 Å². The molecule has 0 amide bonds. The number of hydrogen-bond donors (Lipinski definition) is 0. The van der Waals surface area contributed by atoms with Gasteiger partial charge in [-0.05, 0) is 25.7 Å². The first-order chi connectivity index (χ1) is 4.24. The van der Waals surface area contributed by atoms with Gasteiger partial charge in [-0.1, -0.05) is 13.8 Å². The highest BCUT2D eigenvalue weighted by Gasteiger charge is 2.27. The molecule has 1 rings (SSSR count). The fourth-order valence-corrected chi connectivity index (χ4v) is 1.66. The molecule has 0 aliphatic carbocycles. The van der Waals surface area contributed by atoms with Crippen molar-refractivity contribution in [1.82, 2.24) is 0 Å². The third-order valence-corrected chi connectivity index (χ3v) is 2.15. The molecule has 1 aliphatic rings. The van der Waals surface area contributed by atoms with Crippen LogP contribution in [0.15, 0.2) is 0 Å². The summed E-state index contributed by atoms with van der Waals surface area (Å²) in [5.41, 5.74) is 0. The predicted molar refractivity (Wildman–Crippen MR) is 38.4 cm³/mol. The topological polar surface area (TPSA) is 9.23 Å². The van der Waals surface area contributed by atoms with Crippen molar-refractivity contribution in [3.05, 3.63) is 0 Å². The molecule has 9 heavy (non-hydrogen) atoms. The Morgan fingerprint density at radius 3 is 2.33 bits per heavy atom. The summed E-state index contributed by atoms with van der Waals surface area (Å²) in [6.07, 6.45) is 3.47. The van der Waals surface area contributed by atoms with Crippen molar-refractivity contribution >= 4 is 0 Å². The van der Waals surface area contributed by atoms with E-state index in [1.54, 1.807) is 0 Å². The predicted octanol–water partition coefficient (Wildman–Crippen LogP) is 2.21. The fourth-order valence-electron chi connectivity index (χ4n) is 1.66. The van der Waals surface area contributed by atoms with E-state index in [-0.39, 0.29) is 0 Å². The van der Waals surface area contributed by atoms with E-state index in [2.05, 4.69) is 20.8 Å². The van der Waals surface area contributed by atoms with Crippen molar-refractivity contribution in [2.45, 2.75) is 45.8 Å². The van der Waals surface area contributed by atoms with Crippen molar-refractivity contribution < 1.29 is 4.74 Å². The van der Waals surface area contributed by atoms with Crippen molar-refractivity contribution in [3.8, 4) is 0 Å². The maximum absolute atomic E-state index is 5.62. The van der Waals surface area contributed by atoms with Crippen LogP contribution in [0.2, 0.25) is 0 Å². The monoisotopic (exact) mass is 128 g/mol. The summed E-state index contributed by atoms with van der Waals surface area (Å²) < 4.78 is 5.62. The molecule has 1 fully saturated rings. The van der Waals surface area contributed by atoms with Gasteiger partial charge < -0.3 is 4.74 Å². The number of rotatable bonds is 1. The second-order valence-corrected chi connectivity index (χ2v) is 3.11. The van der Waals surface area contributed by atoms with Crippen LogP contribution < -0.4 is 0 Å². The summed E-state index contributed by atoms with van der Waals surface area (Å²) in [6, 6.07) is 0. The van der Waals surface area contributed by atoms with Gasteiger partial charge in [0, 0.05) is 0 Å². The van der Waals surface area contributed by atoms with Gasteiger partial charge in [-0.15, -0.1) is 0 Å². The standard InChI is InChI=1S/C8H16O/c1-4-8-6(2)5-7(3)9-8/h6-8H,4-5H2,1-3H3/t6-,7+,8-/m1/s1. The molecule has 0 aromatic carbocycles. The fraction of sp³-hybridized carbons (Fsp3) is 1.00. The van der Waals surface area contributed by atoms with Gasteiger partial charge in [-0.2, -0.15) is 0 Å². The second-order valence-electron chi connectivity index (χ2n) is 3.11. The van der Waals surface area contributed by atoms with Crippen LogP contribution in [-0.2, 0) is 4.74 Å². The van der Waals surface area contributed by atoms with E-state index in [9.17, 15) is 0 Å². The molecule has 1 heteroatoms. The zero-order valence-electron chi connectivity index (χ0n) is 6.55. The molecule has 0 N–H and O–H groups in total. The van der Waals surface area contributed by atoms with E-state index < -0.39 is 0 Å². The lowest BCUT2D eigenvalue weighted by Crippen LogP contribution is -2.11. The van der Waals surface area contributed by atoms with Crippen molar-refractivity contribution in [1.29, 1.82) is 0 Å². The highest BCUT2D eigenvalue weighted by molar-refractivity contribution is 4.75. The lowest BCUT2D eigenvalue weighted by atomic mass is 10.0. The first kappa shape index (κ1) is 7.07. The van der Waals surface area contributed by atoms with Crippen LogP contribution in [0.3, 0.4) is 0 Å². The normalized spacial score (nSPS) is 43.7. The van der Waals surface area contributed by atoms with Crippen LogP contribution in [0.25, 0.3) is 0 Å². The molecule has 0 bridgehead atoms. The molecule has 54 valence electrons. The Morgan fingerprint density at radius 1 is 1.44 bits per heavy atom. The molecule has 0 unspecified atom stereocenters. The lowest BCUT2D eigenvalue weighted by molar-refractivity contribution is 0.0438. The van der Waals surface area contributed by atoms with Gasteiger partial charge in [0.2, 0.25) is 0 Å². The maximum atomic E-state index is 5.62.